The van der Waals surface area contributed by atoms with Gasteiger partial charge < -0.3 is 24.3 Å². The van der Waals surface area contributed by atoms with Crippen molar-refractivity contribution in [3.63, 3.8) is 0 Å². The van der Waals surface area contributed by atoms with Gasteiger partial charge in [0.2, 0.25) is 6.79 Å². The van der Waals surface area contributed by atoms with Crippen LogP contribution in [0, 0.1) is 0 Å². The molecule has 8 heteroatoms. The number of para-hydroxylation sites is 1. The highest BCUT2D eigenvalue weighted by Gasteiger charge is 2.36. The molecule has 0 radical (unpaired) electrons. The zero-order valence-electron chi connectivity index (χ0n) is 18.7. The number of hydrogen-bond donors (Lipinski definition) is 3. The lowest BCUT2D eigenvalue weighted by Crippen LogP contribution is -2.22. The van der Waals surface area contributed by atoms with Crippen molar-refractivity contribution < 1.29 is 19.1 Å². The highest BCUT2D eigenvalue weighted by atomic mass is 16.7. The standard InChI is InChI=1S/C26H24N4O4/c1-2-27-10-5-11-30-13-17(21-19(30)8-9-20-24(21)34-14-33-20)23-22(25(31)29-26(23)32)16-12-28-18-7-4-3-6-15(16)18/h3-4,6-9,12-13,27-28H,2,5,10-11,14H2,1H3,(H,29,31,32). The molecular formula is C26H24N4O4. The van der Waals surface area contributed by atoms with Crippen molar-refractivity contribution in [2.75, 3.05) is 19.9 Å². The van der Waals surface area contributed by atoms with E-state index >= 15 is 0 Å². The Morgan fingerprint density at radius 3 is 2.71 bits per heavy atom. The predicted octanol–water partition coefficient (Wildman–Crippen LogP) is 3.42. The fourth-order valence-electron chi connectivity index (χ4n) is 4.92. The molecule has 2 aromatic heterocycles. The Bertz CT molecular complexity index is 1490. The maximum atomic E-state index is 13.2. The Hall–Kier alpha value is -4.04. The van der Waals surface area contributed by atoms with Gasteiger partial charge in [-0.05, 0) is 37.7 Å². The monoisotopic (exact) mass is 456 g/mol. The van der Waals surface area contributed by atoms with Crippen LogP contribution in [0.15, 0.2) is 48.8 Å². The van der Waals surface area contributed by atoms with E-state index in [1.54, 1.807) is 6.20 Å². The SMILES string of the molecule is CCNCCCn1cc(C2=C(c3c[nH]c4ccccc34)C(=O)NC2=O)c2c3c(ccc21)OCO3. The Kier molecular flexibility index (Phi) is 4.88. The number of imide groups is 1. The van der Waals surface area contributed by atoms with Gasteiger partial charge in [-0.1, -0.05) is 25.1 Å². The summed E-state index contributed by atoms with van der Waals surface area (Å²) in [5, 5.41) is 7.53. The van der Waals surface area contributed by atoms with Gasteiger partial charge in [0, 0.05) is 41.0 Å². The highest BCUT2D eigenvalue weighted by Crippen LogP contribution is 2.46. The van der Waals surface area contributed by atoms with E-state index in [2.05, 4.69) is 27.1 Å². The maximum Gasteiger partial charge on any atom is 0.259 e. The Morgan fingerprint density at radius 2 is 1.85 bits per heavy atom. The molecule has 4 heterocycles. The molecule has 0 unspecified atom stereocenters. The first-order valence-corrected chi connectivity index (χ1v) is 11.5. The van der Waals surface area contributed by atoms with Crippen LogP contribution in [0.1, 0.15) is 24.5 Å². The van der Waals surface area contributed by atoms with E-state index in [0.717, 1.165) is 47.9 Å². The summed E-state index contributed by atoms with van der Waals surface area (Å²) in [5.41, 5.74) is 3.93. The fourth-order valence-corrected chi connectivity index (χ4v) is 4.92. The smallest absolute Gasteiger partial charge is 0.259 e. The van der Waals surface area contributed by atoms with Gasteiger partial charge >= 0.3 is 0 Å². The summed E-state index contributed by atoms with van der Waals surface area (Å²) < 4.78 is 13.6. The van der Waals surface area contributed by atoms with Gasteiger partial charge in [-0.2, -0.15) is 0 Å². The van der Waals surface area contributed by atoms with Crippen molar-refractivity contribution in [1.82, 2.24) is 20.2 Å². The number of fused-ring (bicyclic) bond motifs is 4. The molecule has 2 aliphatic rings. The van der Waals surface area contributed by atoms with Crippen LogP contribution in [-0.4, -0.2) is 41.2 Å². The van der Waals surface area contributed by atoms with Crippen LogP contribution >= 0.6 is 0 Å². The van der Waals surface area contributed by atoms with E-state index in [4.69, 9.17) is 9.47 Å². The molecule has 0 atom stereocenters. The molecule has 0 saturated heterocycles. The van der Waals surface area contributed by atoms with Crippen molar-refractivity contribution in [1.29, 1.82) is 0 Å². The van der Waals surface area contributed by atoms with Crippen LogP contribution in [0.5, 0.6) is 11.5 Å². The van der Waals surface area contributed by atoms with E-state index < -0.39 is 11.8 Å². The highest BCUT2D eigenvalue weighted by molar-refractivity contribution is 6.51. The van der Waals surface area contributed by atoms with Crippen molar-refractivity contribution in [3.05, 3.63) is 59.9 Å². The second-order valence-corrected chi connectivity index (χ2v) is 8.42. The lowest BCUT2D eigenvalue weighted by Gasteiger charge is -2.06. The molecule has 0 aliphatic carbocycles. The van der Waals surface area contributed by atoms with E-state index in [-0.39, 0.29) is 6.79 Å². The van der Waals surface area contributed by atoms with Crippen LogP contribution in [0.25, 0.3) is 33.0 Å². The first kappa shape index (κ1) is 20.6. The van der Waals surface area contributed by atoms with Crippen molar-refractivity contribution in [2.24, 2.45) is 0 Å². The van der Waals surface area contributed by atoms with Gasteiger partial charge in [0.15, 0.2) is 11.5 Å². The van der Waals surface area contributed by atoms with Crippen LogP contribution in [-0.2, 0) is 16.1 Å². The van der Waals surface area contributed by atoms with Gasteiger partial charge in [-0.15, -0.1) is 0 Å². The number of aromatic amines is 1. The van der Waals surface area contributed by atoms with Crippen molar-refractivity contribution in [3.8, 4) is 11.5 Å². The maximum absolute atomic E-state index is 13.2. The molecule has 0 spiro atoms. The molecule has 172 valence electrons. The lowest BCUT2D eigenvalue weighted by atomic mass is 9.95. The third-order valence-corrected chi connectivity index (χ3v) is 6.44. The first-order chi connectivity index (χ1) is 16.7. The Labute approximate surface area is 195 Å². The molecule has 3 N–H and O–H groups in total. The quantitative estimate of drug-likeness (QED) is 0.293. The zero-order valence-corrected chi connectivity index (χ0v) is 18.7. The van der Waals surface area contributed by atoms with Gasteiger partial charge in [-0.3, -0.25) is 14.9 Å². The number of nitrogens with zero attached hydrogens (tertiary/aromatic N) is 1. The second kappa shape index (κ2) is 8.07. The molecule has 6 rings (SSSR count). The summed E-state index contributed by atoms with van der Waals surface area (Å²) in [6.07, 6.45) is 4.67. The van der Waals surface area contributed by atoms with Gasteiger partial charge in [-0.25, -0.2) is 0 Å². The Morgan fingerprint density at radius 1 is 1.03 bits per heavy atom. The van der Waals surface area contributed by atoms with Crippen LogP contribution in [0.4, 0.5) is 0 Å². The number of carbonyl (C=O) groups is 2. The van der Waals surface area contributed by atoms with Crippen molar-refractivity contribution >= 4 is 44.8 Å². The summed E-state index contributed by atoms with van der Waals surface area (Å²) in [6.45, 7) is 4.77. The van der Waals surface area contributed by atoms with E-state index in [1.165, 1.54) is 0 Å². The van der Waals surface area contributed by atoms with E-state index in [1.807, 2.05) is 42.6 Å². The normalized spacial score (nSPS) is 15.2. The fraction of sp³-hybridized carbons (Fsp3) is 0.231. The third-order valence-electron chi connectivity index (χ3n) is 6.44. The van der Waals surface area contributed by atoms with Crippen molar-refractivity contribution in [2.45, 2.75) is 19.9 Å². The molecule has 2 aromatic carbocycles. The third kappa shape index (κ3) is 3.10. The number of nitrogens with one attached hydrogen (secondary N) is 3. The largest absolute Gasteiger partial charge is 0.454 e. The molecule has 2 aliphatic heterocycles. The van der Waals surface area contributed by atoms with E-state index in [9.17, 15) is 9.59 Å². The number of aryl methyl sites for hydroxylation is 1. The number of carbonyl (C=O) groups excluding carboxylic acids is 2. The first-order valence-electron chi connectivity index (χ1n) is 11.5. The summed E-state index contributed by atoms with van der Waals surface area (Å²) in [7, 11) is 0. The lowest BCUT2D eigenvalue weighted by molar-refractivity contribution is -0.122. The predicted molar refractivity (Wildman–Crippen MR) is 129 cm³/mol. The zero-order chi connectivity index (χ0) is 23.2. The summed E-state index contributed by atoms with van der Waals surface area (Å²) in [5.74, 6) is 0.435. The number of H-pyrrole nitrogens is 1. The minimum absolute atomic E-state index is 0.124. The van der Waals surface area contributed by atoms with E-state index in [0.29, 0.717) is 33.8 Å². The second-order valence-electron chi connectivity index (χ2n) is 8.42. The minimum atomic E-state index is -0.409. The molecule has 0 saturated carbocycles. The Balaban J connectivity index is 1.59. The average Bonchev–Trinajstić information content (AvgIpc) is 3.60. The van der Waals surface area contributed by atoms with Crippen LogP contribution in [0.2, 0.25) is 0 Å². The average molecular weight is 457 g/mol. The molecule has 0 fully saturated rings. The summed E-state index contributed by atoms with van der Waals surface area (Å²) >= 11 is 0. The van der Waals surface area contributed by atoms with Crippen LogP contribution in [0.3, 0.4) is 0 Å². The minimum Gasteiger partial charge on any atom is -0.454 e. The van der Waals surface area contributed by atoms with Crippen LogP contribution < -0.4 is 20.1 Å². The van der Waals surface area contributed by atoms with Gasteiger partial charge in [0.05, 0.1) is 22.0 Å². The molecule has 8 nitrogen and oxygen atoms in total. The summed E-state index contributed by atoms with van der Waals surface area (Å²) in [6, 6.07) is 11.6. The topological polar surface area (TPSA) is 97.4 Å². The number of amides is 2. The number of rotatable bonds is 7. The molecule has 2 amide bonds. The summed E-state index contributed by atoms with van der Waals surface area (Å²) in [4.78, 5) is 29.5. The number of benzene rings is 2. The molecule has 0 bridgehead atoms. The van der Waals surface area contributed by atoms with Gasteiger partial charge in [0.1, 0.15) is 0 Å². The molecule has 34 heavy (non-hydrogen) atoms. The number of aromatic nitrogens is 2. The number of ether oxygens (including phenoxy) is 2. The number of hydrogen-bond acceptors (Lipinski definition) is 5. The van der Waals surface area contributed by atoms with Gasteiger partial charge in [0.25, 0.3) is 11.8 Å². The molecule has 4 aromatic rings. The molecular weight excluding hydrogens is 432 g/mol.